The van der Waals surface area contributed by atoms with Crippen LogP contribution in [0.1, 0.15) is 12.5 Å². The number of aliphatic hydroxyl groups is 1. The van der Waals surface area contributed by atoms with Gasteiger partial charge in [-0.2, -0.15) is 8.78 Å². The molecule has 1 aromatic heterocycles. The summed E-state index contributed by atoms with van der Waals surface area (Å²) in [5.74, 6) is -3.40. The zero-order chi connectivity index (χ0) is 11.7. The number of alkyl halides is 2. The van der Waals surface area contributed by atoms with E-state index in [2.05, 4.69) is 27.5 Å². The molecule has 0 aliphatic rings. The van der Waals surface area contributed by atoms with Gasteiger partial charge in [0.2, 0.25) is 0 Å². The normalized spacial score (nSPS) is 15.8. The minimum absolute atomic E-state index is 0.0376. The molecule has 1 unspecified atom stereocenters. The summed E-state index contributed by atoms with van der Waals surface area (Å²) in [6.45, 7) is 4.03. The van der Waals surface area contributed by atoms with Crippen molar-refractivity contribution in [2.45, 2.75) is 18.4 Å². The van der Waals surface area contributed by atoms with Crippen molar-refractivity contribution in [2.24, 2.45) is 0 Å². The Hall–Kier alpha value is -0.810. The van der Waals surface area contributed by atoms with Gasteiger partial charge in [0.15, 0.2) is 5.60 Å². The predicted octanol–water partition coefficient (Wildman–Crippen LogP) is 2.87. The fraction of sp³-hybridized carbons (Fsp3) is 0.300. The van der Waals surface area contributed by atoms with Crippen molar-refractivity contribution >= 4 is 15.9 Å². The summed E-state index contributed by atoms with van der Waals surface area (Å²) < 4.78 is 27.1. The maximum atomic E-state index is 13.3. The van der Waals surface area contributed by atoms with Crippen molar-refractivity contribution in [3.05, 3.63) is 41.2 Å². The second-order valence-corrected chi connectivity index (χ2v) is 4.08. The van der Waals surface area contributed by atoms with Crippen LogP contribution in [0, 0.1) is 0 Å². The van der Waals surface area contributed by atoms with Crippen molar-refractivity contribution in [3.8, 4) is 0 Å². The molecular weight excluding hydrogens is 268 g/mol. The second-order valence-electron chi connectivity index (χ2n) is 3.27. The molecule has 0 radical (unpaired) electrons. The van der Waals surface area contributed by atoms with E-state index in [1.807, 2.05) is 0 Å². The summed E-state index contributed by atoms with van der Waals surface area (Å²) in [7, 11) is 0. The monoisotopic (exact) mass is 277 g/mol. The number of pyridine rings is 1. The largest absolute Gasteiger partial charge is 0.379 e. The van der Waals surface area contributed by atoms with E-state index in [1.165, 1.54) is 18.3 Å². The molecule has 5 heteroatoms. The van der Waals surface area contributed by atoms with Crippen LogP contribution < -0.4 is 0 Å². The highest BCUT2D eigenvalue weighted by atomic mass is 79.9. The summed E-state index contributed by atoms with van der Waals surface area (Å²) in [6, 6.07) is 2.87. The van der Waals surface area contributed by atoms with E-state index in [0.717, 1.165) is 6.92 Å². The zero-order valence-corrected chi connectivity index (χ0v) is 9.63. The molecule has 0 aromatic carbocycles. The standard InChI is InChI=1S/C10H10BrF2NO/c1-3-10(12,13)9(2,15)7-4-5-8(11)14-6-7/h3-6,15H,1H2,2H3. The van der Waals surface area contributed by atoms with E-state index in [0.29, 0.717) is 10.7 Å². The minimum Gasteiger partial charge on any atom is -0.379 e. The van der Waals surface area contributed by atoms with Crippen molar-refractivity contribution in [2.75, 3.05) is 0 Å². The van der Waals surface area contributed by atoms with Gasteiger partial charge < -0.3 is 5.11 Å². The van der Waals surface area contributed by atoms with Crippen molar-refractivity contribution in [3.63, 3.8) is 0 Å². The predicted molar refractivity (Wildman–Crippen MR) is 56.7 cm³/mol. The number of halogens is 3. The van der Waals surface area contributed by atoms with Crippen LogP contribution >= 0.6 is 15.9 Å². The maximum Gasteiger partial charge on any atom is 0.298 e. The van der Waals surface area contributed by atoms with Crippen LogP contribution in [0.5, 0.6) is 0 Å². The average molecular weight is 278 g/mol. The highest BCUT2D eigenvalue weighted by molar-refractivity contribution is 9.10. The summed E-state index contributed by atoms with van der Waals surface area (Å²) in [5.41, 5.74) is -2.27. The summed E-state index contributed by atoms with van der Waals surface area (Å²) in [4.78, 5) is 3.78. The van der Waals surface area contributed by atoms with E-state index < -0.39 is 11.5 Å². The van der Waals surface area contributed by atoms with Gasteiger partial charge in [0.05, 0.1) is 0 Å². The molecule has 1 N–H and O–H groups in total. The topological polar surface area (TPSA) is 33.1 Å². The zero-order valence-electron chi connectivity index (χ0n) is 8.04. The van der Waals surface area contributed by atoms with Crippen molar-refractivity contribution < 1.29 is 13.9 Å². The average Bonchev–Trinajstić information content (AvgIpc) is 2.18. The summed E-state index contributed by atoms with van der Waals surface area (Å²) in [5, 5.41) is 9.73. The van der Waals surface area contributed by atoms with Gasteiger partial charge in [-0.3, -0.25) is 0 Å². The third-order valence-corrected chi connectivity index (χ3v) is 2.66. The molecule has 15 heavy (non-hydrogen) atoms. The van der Waals surface area contributed by atoms with Gasteiger partial charge in [0, 0.05) is 11.8 Å². The molecule has 0 bridgehead atoms. The quantitative estimate of drug-likeness (QED) is 0.681. The van der Waals surface area contributed by atoms with Gasteiger partial charge in [0.1, 0.15) is 4.60 Å². The third kappa shape index (κ3) is 2.23. The molecule has 1 rings (SSSR count). The number of hydrogen-bond acceptors (Lipinski definition) is 2. The number of rotatable bonds is 3. The Morgan fingerprint density at radius 1 is 1.53 bits per heavy atom. The Labute approximate surface area is 94.8 Å². The molecule has 0 fully saturated rings. The lowest BCUT2D eigenvalue weighted by Gasteiger charge is -2.30. The van der Waals surface area contributed by atoms with Gasteiger partial charge in [-0.05, 0) is 35.0 Å². The van der Waals surface area contributed by atoms with E-state index in [4.69, 9.17) is 0 Å². The molecule has 0 saturated heterocycles. The van der Waals surface area contributed by atoms with Gasteiger partial charge in [-0.25, -0.2) is 4.98 Å². The van der Waals surface area contributed by atoms with E-state index in [1.54, 1.807) is 0 Å². The molecular formula is C10H10BrF2NO. The first-order valence-corrected chi connectivity index (χ1v) is 4.96. The number of hydrogen-bond donors (Lipinski definition) is 1. The molecule has 0 aliphatic heterocycles. The first-order chi connectivity index (χ1) is 6.81. The SMILES string of the molecule is C=CC(F)(F)C(C)(O)c1ccc(Br)nc1. The first kappa shape index (κ1) is 12.3. The molecule has 1 heterocycles. The lowest BCUT2D eigenvalue weighted by molar-refractivity contribution is -0.144. The molecule has 0 saturated carbocycles. The van der Waals surface area contributed by atoms with Gasteiger partial charge in [-0.1, -0.05) is 12.6 Å². The molecule has 0 spiro atoms. The minimum atomic E-state index is -3.40. The van der Waals surface area contributed by atoms with Crippen LogP contribution in [-0.2, 0) is 5.60 Å². The Bertz CT molecular complexity index is 362. The summed E-state index contributed by atoms with van der Waals surface area (Å²) >= 11 is 3.08. The maximum absolute atomic E-state index is 13.3. The molecule has 0 aliphatic carbocycles. The number of aromatic nitrogens is 1. The smallest absolute Gasteiger partial charge is 0.298 e. The van der Waals surface area contributed by atoms with Crippen LogP contribution in [0.25, 0.3) is 0 Å². The molecule has 82 valence electrons. The fourth-order valence-electron chi connectivity index (χ4n) is 1.05. The highest BCUT2D eigenvalue weighted by Crippen LogP contribution is 2.37. The van der Waals surface area contributed by atoms with Gasteiger partial charge in [-0.15, -0.1) is 0 Å². The molecule has 2 nitrogen and oxygen atoms in total. The molecule has 0 amide bonds. The van der Waals surface area contributed by atoms with Crippen LogP contribution in [0.15, 0.2) is 35.6 Å². The van der Waals surface area contributed by atoms with Gasteiger partial charge >= 0.3 is 0 Å². The van der Waals surface area contributed by atoms with Crippen molar-refractivity contribution in [1.29, 1.82) is 0 Å². The lowest BCUT2D eigenvalue weighted by atomic mass is 9.90. The van der Waals surface area contributed by atoms with Crippen LogP contribution in [0.4, 0.5) is 8.78 Å². The van der Waals surface area contributed by atoms with Crippen LogP contribution in [0.3, 0.4) is 0 Å². The molecule has 1 aromatic rings. The van der Waals surface area contributed by atoms with Crippen LogP contribution in [-0.4, -0.2) is 16.0 Å². The van der Waals surface area contributed by atoms with Crippen LogP contribution in [0.2, 0.25) is 0 Å². The Morgan fingerprint density at radius 3 is 2.53 bits per heavy atom. The van der Waals surface area contributed by atoms with Crippen molar-refractivity contribution in [1.82, 2.24) is 4.98 Å². The number of nitrogens with zero attached hydrogens (tertiary/aromatic N) is 1. The molecule has 1 atom stereocenters. The van der Waals surface area contributed by atoms with E-state index in [9.17, 15) is 13.9 Å². The third-order valence-electron chi connectivity index (χ3n) is 2.19. The van der Waals surface area contributed by atoms with E-state index >= 15 is 0 Å². The summed E-state index contributed by atoms with van der Waals surface area (Å²) in [6.07, 6.45) is 1.62. The Balaban J connectivity index is 3.16. The second kappa shape index (κ2) is 3.98. The van der Waals surface area contributed by atoms with E-state index in [-0.39, 0.29) is 5.56 Å². The Morgan fingerprint density at radius 2 is 2.13 bits per heavy atom. The highest BCUT2D eigenvalue weighted by Gasteiger charge is 2.47. The lowest BCUT2D eigenvalue weighted by Crippen LogP contribution is -2.41. The Kier molecular flexibility index (Phi) is 3.25. The first-order valence-electron chi connectivity index (χ1n) is 4.17. The fourth-order valence-corrected chi connectivity index (χ4v) is 1.29. The van der Waals surface area contributed by atoms with Gasteiger partial charge in [0.25, 0.3) is 5.92 Å².